The van der Waals surface area contributed by atoms with Gasteiger partial charge in [0.2, 0.25) is 11.5 Å². The maximum Gasteiger partial charge on any atom is 0.255 e. The van der Waals surface area contributed by atoms with E-state index in [4.69, 9.17) is 38.6 Å². The number of carbonyl (C=O) groups is 2. The lowest BCUT2D eigenvalue weighted by atomic mass is 10.1. The zero-order valence-electron chi connectivity index (χ0n) is 70.3. The Morgan fingerprint density at radius 1 is 0.250 bits per heavy atom. The summed E-state index contributed by atoms with van der Waals surface area (Å²) in [6.07, 6.45) is 58.9. The highest BCUT2D eigenvalue weighted by Gasteiger charge is 2.23. The van der Waals surface area contributed by atoms with Gasteiger partial charge in [-0.15, -0.1) is 20.4 Å². The van der Waals surface area contributed by atoms with Crippen molar-refractivity contribution in [2.45, 2.75) is 350 Å². The molecule has 5 aromatic carbocycles. The Balaban J connectivity index is 0.974. The predicted molar refractivity (Wildman–Crippen MR) is 473 cm³/mol. The number of unbranched alkanes of at least 4 members (excludes halogenated alkanes) is 42. The van der Waals surface area contributed by atoms with Gasteiger partial charge in [0, 0.05) is 44.8 Å². The molecule has 0 saturated carbocycles. The van der Waals surface area contributed by atoms with E-state index in [0.29, 0.717) is 96.6 Å². The van der Waals surface area contributed by atoms with Crippen molar-refractivity contribution in [3.63, 3.8) is 0 Å². The standard InChI is InChI=1S/C96H144N6O8S2/c1-7-13-19-25-31-37-43-49-67-105-85-73-81(74-86(106-68-50-44-38-32-26-20-14-8-2)89(85)109-71-53-47-41-35-29-23-17-11-5)95-101-99-93(111-95)79-59-63-83(64-60-79)97-91(103)77-55-57-78(58-56-77)92(104)98-84-65-61-80(62-66-84)94-100-102-96(112-94)82-75-87(107-69-51-45-39-33-27-21-15-9-3)90(110-72-54-48-42-36-30-24-18-12-6)88(76-82)108-70-52-46-40-34-28-22-16-10-4/h55-66,73-76H,7-54,67-72H2,1-6H3,(H,97,103)(H,98,104). The lowest BCUT2D eigenvalue weighted by molar-refractivity contribution is 0.101. The second-order valence-electron chi connectivity index (χ2n) is 31.0. The van der Waals surface area contributed by atoms with Gasteiger partial charge in [-0.2, -0.15) is 0 Å². The molecule has 7 rings (SSSR count). The Kier molecular flexibility index (Phi) is 48.3. The topological polar surface area (TPSA) is 165 Å². The molecule has 0 unspecified atom stereocenters. The molecule has 7 aromatic rings. The molecular weight excluding hydrogens is 1430 g/mol. The lowest BCUT2D eigenvalue weighted by Crippen LogP contribution is -2.14. The van der Waals surface area contributed by atoms with Crippen molar-refractivity contribution < 1.29 is 38.0 Å². The van der Waals surface area contributed by atoms with Gasteiger partial charge in [-0.05, 0) is 136 Å². The molecule has 0 fully saturated rings. The van der Waals surface area contributed by atoms with E-state index in [-0.39, 0.29) is 11.8 Å². The van der Waals surface area contributed by atoms with Crippen LogP contribution in [0.4, 0.5) is 11.4 Å². The van der Waals surface area contributed by atoms with Crippen LogP contribution >= 0.6 is 22.7 Å². The second-order valence-corrected chi connectivity index (χ2v) is 33.0. The molecule has 112 heavy (non-hydrogen) atoms. The molecule has 14 nitrogen and oxygen atoms in total. The Labute approximate surface area is 685 Å². The van der Waals surface area contributed by atoms with E-state index >= 15 is 0 Å². The summed E-state index contributed by atoms with van der Waals surface area (Å²) in [5.41, 5.74) is 5.61. The highest BCUT2D eigenvalue weighted by atomic mass is 32.1. The molecule has 16 heteroatoms. The van der Waals surface area contributed by atoms with Gasteiger partial charge >= 0.3 is 0 Å². The third kappa shape index (κ3) is 36.6. The number of nitrogens with one attached hydrogen (secondary N) is 2. The average Bonchev–Trinajstić information content (AvgIpc) is 1.40. The maximum absolute atomic E-state index is 13.7. The third-order valence-corrected chi connectivity index (χ3v) is 23.1. The van der Waals surface area contributed by atoms with E-state index in [2.05, 4.69) is 86.6 Å². The molecule has 0 atom stereocenters. The van der Waals surface area contributed by atoms with E-state index in [0.717, 1.165) is 119 Å². The summed E-state index contributed by atoms with van der Waals surface area (Å²) in [6, 6.07) is 30.2. The van der Waals surface area contributed by atoms with Gasteiger partial charge in [-0.3, -0.25) is 9.59 Å². The monoisotopic (exact) mass is 1570 g/mol. The Hall–Kier alpha value is -7.04. The van der Waals surface area contributed by atoms with Crippen LogP contribution in [0, 0.1) is 0 Å². The molecule has 0 aliphatic carbocycles. The maximum atomic E-state index is 13.7. The van der Waals surface area contributed by atoms with Crippen LogP contribution in [-0.4, -0.2) is 71.9 Å². The van der Waals surface area contributed by atoms with Crippen molar-refractivity contribution in [1.82, 2.24) is 20.4 Å². The van der Waals surface area contributed by atoms with Crippen LogP contribution in [0.3, 0.4) is 0 Å². The number of nitrogens with zero attached hydrogens (tertiary/aromatic N) is 4. The number of benzene rings is 5. The smallest absolute Gasteiger partial charge is 0.255 e. The minimum atomic E-state index is -0.291. The lowest BCUT2D eigenvalue weighted by Gasteiger charge is -2.18. The number of hydrogen-bond donors (Lipinski definition) is 2. The Morgan fingerprint density at radius 3 is 0.670 bits per heavy atom. The third-order valence-electron chi connectivity index (χ3n) is 21.1. The molecule has 618 valence electrons. The largest absolute Gasteiger partial charge is 0.490 e. The first kappa shape index (κ1) is 92.1. The van der Waals surface area contributed by atoms with E-state index in [9.17, 15) is 9.59 Å². The first-order valence-corrected chi connectivity index (χ1v) is 46.6. The van der Waals surface area contributed by atoms with E-state index < -0.39 is 0 Å². The predicted octanol–water partition coefficient (Wildman–Crippen LogP) is 29.7. The van der Waals surface area contributed by atoms with Crippen LogP contribution in [0.2, 0.25) is 0 Å². The van der Waals surface area contributed by atoms with Crippen molar-refractivity contribution in [2.24, 2.45) is 0 Å². The molecule has 2 amide bonds. The van der Waals surface area contributed by atoms with Gasteiger partial charge in [-0.1, -0.05) is 334 Å². The fourth-order valence-electron chi connectivity index (χ4n) is 14.1. The fourth-order valence-corrected chi connectivity index (χ4v) is 15.8. The highest BCUT2D eigenvalue weighted by Crippen LogP contribution is 2.46. The van der Waals surface area contributed by atoms with Crippen LogP contribution in [0.15, 0.2) is 97.1 Å². The number of ether oxygens (including phenoxy) is 6. The van der Waals surface area contributed by atoms with Crippen LogP contribution in [0.1, 0.15) is 370 Å². The van der Waals surface area contributed by atoms with Crippen molar-refractivity contribution in [3.8, 4) is 76.8 Å². The van der Waals surface area contributed by atoms with Gasteiger partial charge in [-0.25, -0.2) is 0 Å². The summed E-state index contributed by atoms with van der Waals surface area (Å²) in [5.74, 6) is 3.59. The van der Waals surface area contributed by atoms with E-state index in [1.807, 2.05) is 48.5 Å². The van der Waals surface area contributed by atoms with Crippen molar-refractivity contribution in [1.29, 1.82) is 0 Å². The minimum absolute atomic E-state index is 0.291. The van der Waals surface area contributed by atoms with Gasteiger partial charge < -0.3 is 39.1 Å². The summed E-state index contributed by atoms with van der Waals surface area (Å²) >= 11 is 3.01. The minimum Gasteiger partial charge on any atom is -0.490 e. The van der Waals surface area contributed by atoms with Crippen molar-refractivity contribution in [3.05, 3.63) is 108 Å². The van der Waals surface area contributed by atoms with Crippen LogP contribution in [-0.2, 0) is 0 Å². The number of amides is 2. The zero-order valence-corrected chi connectivity index (χ0v) is 71.9. The molecule has 0 aliphatic heterocycles. The summed E-state index contributed by atoms with van der Waals surface area (Å²) in [4.78, 5) is 27.4. The molecule has 2 aromatic heterocycles. The van der Waals surface area contributed by atoms with Crippen LogP contribution in [0.5, 0.6) is 34.5 Å². The number of aromatic nitrogens is 4. The van der Waals surface area contributed by atoms with E-state index in [1.54, 1.807) is 24.3 Å². The quantitative estimate of drug-likeness (QED) is 0.0347. The van der Waals surface area contributed by atoms with Crippen LogP contribution in [0.25, 0.3) is 42.3 Å². The van der Waals surface area contributed by atoms with E-state index in [1.165, 1.54) is 254 Å². The van der Waals surface area contributed by atoms with Crippen LogP contribution < -0.4 is 39.1 Å². The average molecular weight is 1570 g/mol. The molecule has 0 radical (unpaired) electrons. The summed E-state index contributed by atoms with van der Waals surface area (Å²) in [7, 11) is 0. The highest BCUT2D eigenvalue weighted by molar-refractivity contribution is 7.18. The first-order valence-electron chi connectivity index (χ1n) is 45.0. The molecule has 0 spiro atoms. The summed E-state index contributed by atoms with van der Waals surface area (Å²) < 4.78 is 40.1. The van der Waals surface area contributed by atoms with Gasteiger partial charge in [0.05, 0.1) is 39.6 Å². The summed E-state index contributed by atoms with van der Waals surface area (Å²) in [5, 5.41) is 27.9. The number of rotatable bonds is 68. The molecule has 2 heterocycles. The Bertz CT molecular complexity index is 3260. The zero-order chi connectivity index (χ0) is 78.9. The molecule has 2 N–H and O–H groups in total. The second kappa shape index (κ2) is 58.8. The number of anilines is 2. The molecule has 0 bridgehead atoms. The van der Waals surface area contributed by atoms with Crippen molar-refractivity contribution in [2.75, 3.05) is 50.3 Å². The number of carbonyl (C=O) groups excluding carboxylic acids is 2. The van der Waals surface area contributed by atoms with Gasteiger partial charge in [0.15, 0.2) is 23.0 Å². The van der Waals surface area contributed by atoms with Gasteiger partial charge in [0.1, 0.15) is 20.0 Å². The molecule has 0 aliphatic rings. The SMILES string of the molecule is CCCCCCCCCCOc1cc(-c2nnc(-c3ccc(NC(=O)c4ccc(C(=O)Nc5ccc(-c6nnc(-c7cc(OCCCCCCCCCC)c(OCCCCCCCCCC)c(OCCCCCCCCCC)c7)s6)cc5)cc4)cc3)s2)cc(OCCCCCCCCCC)c1OCCCCCCCCCC. The first-order chi connectivity index (χ1) is 55.2. The molecule has 0 saturated heterocycles. The fraction of sp³-hybridized carbons (Fsp3) is 0.625. The Morgan fingerprint density at radius 2 is 0.446 bits per heavy atom. The molecular formula is C96H144N6O8S2. The summed E-state index contributed by atoms with van der Waals surface area (Å²) in [6.45, 7) is 17.2. The van der Waals surface area contributed by atoms with Gasteiger partial charge in [0.25, 0.3) is 11.8 Å². The number of hydrogen-bond acceptors (Lipinski definition) is 14. The van der Waals surface area contributed by atoms with Crippen molar-refractivity contribution >= 4 is 45.9 Å². The normalized spacial score (nSPS) is 11.3.